The summed E-state index contributed by atoms with van der Waals surface area (Å²) in [7, 11) is 0. The predicted molar refractivity (Wildman–Crippen MR) is 93.0 cm³/mol. The van der Waals surface area contributed by atoms with Gasteiger partial charge in [-0.25, -0.2) is 9.97 Å². The van der Waals surface area contributed by atoms with Crippen LogP contribution in [0.15, 0.2) is 36.7 Å². The van der Waals surface area contributed by atoms with E-state index in [4.69, 9.17) is 0 Å². The number of piperidine rings is 1. The fourth-order valence-corrected chi connectivity index (χ4v) is 3.59. The molecule has 0 unspecified atom stereocenters. The lowest BCUT2D eigenvalue weighted by atomic mass is 10.00. The van der Waals surface area contributed by atoms with Crippen LogP contribution in [-0.4, -0.2) is 40.4 Å². The first kappa shape index (κ1) is 15.1. The molecule has 2 aliphatic heterocycles. The number of aromatic nitrogens is 2. The quantitative estimate of drug-likeness (QED) is 0.853. The highest BCUT2D eigenvalue weighted by molar-refractivity contribution is 5.93. The van der Waals surface area contributed by atoms with Crippen LogP contribution in [0.4, 0.5) is 5.82 Å². The van der Waals surface area contributed by atoms with Crippen LogP contribution in [0, 0.1) is 0 Å². The molecule has 2 aliphatic rings. The summed E-state index contributed by atoms with van der Waals surface area (Å²) in [5, 5.41) is 0. The van der Waals surface area contributed by atoms with Crippen LogP contribution in [0.2, 0.25) is 0 Å². The van der Waals surface area contributed by atoms with Crippen molar-refractivity contribution in [3.63, 3.8) is 0 Å². The summed E-state index contributed by atoms with van der Waals surface area (Å²) in [5.74, 6) is 0.885. The average molecular weight is 322 g/mol. The van der Waals surface area contributed by atoms with E-state index in [-0.39, 0.29) is 5.91 Å². The number of amides is 1. The third kappa shape index (κ3) is 2.98. The van der Waals surface area contributed by atoms with Crippen molar-refractivity contribution in [3.05, 3.63) is 53.5 Å². The molecule has 0 bridgehead atoms. The second kappa shape index (κ2) is 6.59. The molecular weight excluding hydrogens is 300 g/mol. The summed E-state index contributed by atoms with van der Waals surface area (Å²) in [5.41, 5.74) is 3.26. The maximum absolute atomic E-state index is 12.7. The Bertz CT molecular complexity index is 740. The molecule has 124 valence electrons. The van der Waals surface area contributed by atoms with Crippen molar-refractivity contribution in [1.29, 1.82) is 0 Å². The van der Waals surface area contributed by atoms with Crippen LogP contribution in [0.3, 0.4) is 0 Å². The molecule has 0 spiro atoms. The van der Waals surface area contributed by atoms with Gasteiger partial charge in [0, 0.05) is 32.2 Å². The fourth-order valence-electron chi connectivity index (χ4n) is 3.59. The third-order valence-electron chi connectivity index (χ3n) is 4.97. The predicted octanol–water partition coefficient (Wildman–Crippen LogP) is 2.67. The fraction of sp³-hybridized carbons (Fsp3) is 0.421. The summed E-state index contributed by atoms with van der Waals surface area (Å²) in [6, 6.07) is 10.4. The van der Waals surface area contributed by atoms with Crippen LogP contribution in [-0.2, 0) is 13.0 Å². The van der Waals surface area contributed by atoms with E-state index in [1.165, 1.54) is 23.9 Å². The topological polar surface area (TPSA) is 49.3 Å². The largest absolute Gasteiger partial charge is 0.352 e. The summed E-state index contributed by atoms with van der Waals surface area (Å²) < 4.78 is 0. The molecule has 2 aromatic rings. The zero-order valence-electron chi connectivity index (χ0n) is 13.8. The van der Waals surface area contributed by atoms with Crippen molar-refractivity contribution < 1.29 is 4.79 Å². The van der Waals surface area contributed by atoms with Crippen molar-refractivity contribution in [1.82, 2.24) is 14.9 Å². The van der Waals surface area contributed by atoms with Gasteiger partial charge in [-0.1, -0.05) is 24.3 Å². The first-order valence-corrected chi connectivity index (χ1v) is 8.74. The Labute approximate surface area is 142 Å². The second-order valence-electron chi connectivity index (χ2n) is 6.55. The SMILES string of the molecule is O=C(c1cc(N2CCc3ccccc3C2)ncn1)N1CCCCC1. The van der Waals surface area contributed by atoms with Crippen molar-refractivity contribution in [2.75, 3.05) is 24.5 Å². The van der Waals surface area contributed by atoms with E-state index >= 15 is 0 Å². The van der Waals surface area contributed by atoms with Gasteiger partial charge in [0.05, 0.1) is 0 Å². The van der Waals surface area contributed by atoms with Crippen molar-refractivity contribution >= 4 is 11.7 Å². The standard InChI is InChI=1S/C19H22N4O/c24-19(22-9-4-1-5-10-22)17-12-18(21-14-20-17)23-11-8-15-6-2-3-7-16(15)13-23/h2-3,6-7,12,14H,1,4-5,8-11,13H2. The molecule has 1 amide bonds. The van der Waals surface area contributed by atoms with Crippen LogP contribution in [0.1, 0.15) is 40.9 Å². The number of carbonyl (C=O) groups excluding carboxylic acids is 1. The molecule has 1 aromatic carbocycles. The third-order valence-corrected chi connectivity index (χ3v) is 4.97. The van der Waals surface area contributed by atoms with E-state index in [2.05, 4.69) is 39.1 Å². The molecule has 0 atom stereocenters. The molecular formula is C19H22N4O. The molecule has 1 saturated heterocycles. The van der Waals surface area contributed by atoms with Gasteiger partial charge in [0.1, 0.15) is 17.8 Å². The van der Waals surface area contributed by atoms with Gasteiger partial charge in [-0.15, -0.1) is 0 Å². The van der Waals surface area contributed by atoms with Gasteiger partial charge < -0.3 is 9.80 Å². The molecule has 1 aromatic heterocycles. The van der Waals surface area contributed by atoms with Crippen LogP contribution in [0.5, 0.6) is 0 Å². The first-order valence-electron chi connectivity index (χ1n) is 8.74. The molecule has 0 aliphatic carbocycles. The zero-order valence-corrected chi connectivity index (χ0v) is 13.8. The average Bonchev–Trinajstić information content (AvgIpc) is 2.68. The van der Waals surface area contributed by atoms with Crippen molar-refractivity contribution in [2.24, 2.45) is 0 Å². The number of fused-ring (bicyclic) bond motifs is 1. The Morgan fingerprint density at radius 1 is 0.958 bits per heavy atom. The Hall–Kier alpha value is -2.43. The minimum atomic E-state index is 0.0377. The van der Waals surface area contributed by atoms with E-state index in [0.717, 1.165) is 51.3 Å². The van der Waals surface area contributed by atoms with Crippen molar-refractivity contribution in [3.8, 4) is 0 Å². The monoisotopic (exact) mass is 322 g/mol. The molecule has 3 heterocycles. The number of nitrogens with zero attached hydrogens (tertiary/aromatic N) is 4. The molecule has 5 nitrogen and oxygen atoms in total. The number of rotatable bonds is 2. The Morgan fingerprint density at radius 2 is 1.75 bits per heavy atom. The molecule has 0 radical (unpaired) electrons. The number of likely N-dealkylation sites (tertiary alicyclic amines) is 1. The normalized spacial score (nSPS) is 17.5. The van der Waals surface area contributed by atoms with Crippen molar-refractivity contribution in [2.45, 2.75) is 32.2 Å². The van der Waals surface area contributed by atoms with Gasteiger partial charge >= 0.3 is 0 Å². The minimum Gasteiger partial charge on any atom is -0.352 e. The van der Waals surface area contributed by atoms with Crippen LogP contribution < -0.4 is 4.90 Å². The van der Waals surface area contributed by atoms with Crippen LogP contribution in [0.25, 0.3) is 0 Å². The summed E-state index contributed by atoms with van der Waals surface area (Å²) >= 11 is 0. The second-order valence-corrected chi connectivity index (χ2v) is 6.55. The van der Waals surface area contributed by atoms with E-state index in [1.807, 2.05) is 11.0 Å². The zero-order chi connectivity index (χ0) is 16.4. The maximum Gasteiger partial charge on any atom is 0.272 e. The molecule has 4 rings (SSSR count). The lowest BCUT2D eigenvalue weighted by Gasteiger charge is -2.30. The summed E-state index contributed by atoms with van der Waals surface area (Å²) in [6.45, 7) is 3.44. The maximum atomic E-state index is 12.7. The smallest absolute Gasteiger partial charge is 0.272 e. The molecule has 24 heavy (non-hydrogen) atoms. The lowest BCUT2D eigenvalue weighted by Crippen LogP contribution is -2.36. The van der Waals surface area contributed by atoms with Gasteiger partial charge in [0.2, 0.25) is 0 Å². The molecule has 5 heteroatoms. The lowest BCUT2D eigenvalue weighted by molar-refractivity contribution is 0.0718. The number of benzene rings is 1. The summed E-state index contributed by atoms with van der Waals surface area (Å²) in [4.78, 5) is 25.4. The van der Waals surface area contributed by atoms with Gasteiger partial charge in [-0.05, 0) is 36.8 Å². The van der Waals surface area contributed by atoms with Gasteiger partial charge in [-0.2, -0.15) is 0 Å². The number of carbonyl (C=O) groups is 1. The minimum absolute atomic E-state index is 0.0377. The Balaban J connectivity index is 1.54. The summed E-state index contributed by atoms with van der Waals surface area (Å²) in [6.07, 6.45) is 5.92. The van der Waals surface area contributed by atoms with E-state index in [0.29, 0.717) is 5.69 Å². The number of anilines is 1. The number of hydrogen-bond donors (Lipinski definition) is 0. The molecule has 1 fully saturated rings. The first-order chi connectivity index (χ1) is 11.8. The highest BCUT2D eigenvalue weighted by atomic mass is 16.2. The van der Waals surface area contributed by atoms with Gasteiger partial charge in [-0.3, -0.25) is 4.79 Å². The highest BCUT2D eigenvalue weighted by Gasteiger charge is 2.22. The van der Waals surface area contributed by atoms with Gasteiger partial charge in [0.15, 0.2) is 0 Å². The Kier molecular flexibility index (Phi) is 4.15. The highest BCUT2D eigenvalue weighted by Crippen LogP contribution is 2.23. The molecule has 0 N–H and O–H groups in total. The van der Waals surface area contributed by atoms with E-state index in [9.17, 15) is 4.79 Å². The van der Waals surface area contributed by atoms with E-state index in [1.54, 1.807) is 0 Å². The van der Waals surface area contributed by atoms with Crippen LogP contribution >= 0.6 is 0 Å². The molecule has 0 saturated carbocycles. The van der Waals surface area contributed by atoms with Gasteiger partial charge in [0.25, 0.3) is 5.91 Å². The number of hydrogen-bond acceptors (Lipinski definition) is 4. The van der Waals surface area contributed by atoms with E-state index < -0.39 is 0 Å². The Morgan fingerprint density at radius 3 is 2.58 bits per heavy atom.